The lowest BCUT2D eigenvalue weighted by Gasteiger charge is -2.04. The highest BCUT2D eigenvalue weighted by Gasteiger charge is 2.32. The van der Waals surface area contributed by atoms with Crippen molar-refractivity contribution in [1.82, 2.24) is 9.97 Å². The summed E-state index contributed by atoms with van der Waals surface area (Å²) < 4.78 is 49.3. The van der Waals surface area contributed by atoms with Crippen molar-refractivity contribution >= 4 is 11.0 Å². The molecule has 6 heteroatoms. The molecule has 0 aliphatic heterocycles. The van der Waals surface area contributed by atoms with E-state index in [0.717, 1.165) is 18.3 Å². The molecule has 2 aromatic rings. The second kappa shape index (κ2) is 2.70. The smallest absolute Gasteiger partial charge is 0.343 e. The van der Waals surface area contributed by atoms with E-state index in [1.54, 1.807) is 0 Å². The Hall–Kier alpha value is -1.59. The van der Waals surface area contributed by atoms with Gasteiger partial charge in [-0.1, -0.05) is 0 Å². The van der Waals surface area contributed by atoms with Crippen molar-refractivity contribution in [2.24, 2.45) is 0 Å². The van der Waals surface area contributed by atoms with Crippen LogP contribution in [-0.4, -0.2) is 9.97 Å². The molecule has 0 aliphatic rings. The molecular weight excluding hydrogens is 200 g/mol. The Morgan fingerprint density at radius 2 is 1.93 bits per heavy atom. The van der Waals surface area contributed by atoms with Gasteiger partial charge in [0, 0.05) is 6.20 Å². The van der Waals surface area contributed by atoms with Crippen LogP contribution in [0.1, 0.15) is 5.69 Å². The molecule has 2 nitrogen and oxygen atoms in total. The van der Waals surface area contributed by atoms with Crippen molar-refractivity contribution in [3.8, 4) is 0 Å². The van der Waals surface area contributed by atoms with Crippen LogP contribution in [0.4, 0.5) is 17.6 Å². The second-order valence-electron chi connectivity index (χ2n) is 2.73. The lowest BCUT2D eigenvalue weighted by molar-refractivity contribution is -0.141. The lowest BCUT2D eigenvalue weighted by atomic mass is 10.3. The highest BCUT2D eigenvalue weighted by Crippen LogP contribution is 2.29. The predicted molar refractivity (Wildman–Crippen MR) is 41.1 cm³/mol. The van der Waals surface area contributed by atoms with Crippen molar-refractivity contribution in [1.29, 1.82) is 0 Å². The molecule has 0 aliphatic carbocycles. The van der Waals surface area contributed by atoms with Gasteiger partial charge in [0.05, 0.1) is 5.39 Å². The van der Waals surface area contributed by atoms with Crippen molar-refractivity contribution in [2.75, 3.05) is 0 Å². The zero-order chi connectivity index (χ0) is 10.3. The number of alkyl halides is 3. The van der Waals surface area contributed by atoms with E-state index in [-0.39, 0.29) is 11.0 Å². The first-order chi connectivity index (χ1) is 6.48. The highest BCUT2D eigenvalue weighted by molar-refractivity contribution is 5.76. The molecule has 1 N–H and O–H groups in total. The maximum atomic E-state index is 12.8. The lowest BCUT2D eigenvalue weighted by Crippen LogP contribution is -2.07. The Morgan fingerprint density at radius 3 is 2.57 bits per heavy atom. The van der Waals surface area contributed by atoms with Gasteiger partial charge in [-0.2, -0.15) is 13.2 Å². The van der Waals surface area contributed by atoms with Crippen LogP contribution in [-0.2, 0) is 6.18 Å². The third kappa shape index (κ3) is 1.32. The summed E-state index contributed by atoms with van der Waals surface area (Å²) in [6.07, 6.45) is -3.53. The van der Waals surface area contributed by atoms with Crippen LogP contribution < -0.4 is 0 Å². The summed E-state index contributed by atoms with van der Waals surface area (Å²) in [5, 5.41) is 0.0537. The molecule has 0 saturated heterocycles. The van der Waals surface area contributed by atoms with Gasteiger partial charge in [0.1, 0.15) is 17.2 Å². The quantitative estimate of drug-likeness (QED) is 0.656. The van der Waals surface area contributed by atoms with E-state index in [0.29, 0.717) is 0 Å². The Bertz CT molecular complexity index is 472. The van der Waals surface area contributed by atoms with Gasteiger partial charge in [0.25, 0.3) is 0 Å². The van der Waals surface area contributed by atoms with Crippen LogP contribution in [0.15, 0.2) is 18.3 Å². The van der Waals surface area contributed by atoms with Crippen molar-refractivity contribution < 1.29 is 17.6 Å². The zero-order valence-electron chi connectivity index (χ0n) is 6.69. The van der Waals surface area contributed by atoms with Crippen molar-refractivity contribution in [3.05, 3.63) is 29.8 Å². The van der Waals surface area contributed by atoms with Gasteiger partial charge >= 0.3 is 6.18 Å². The summed E-state index contributed by atoms with van der Waals surface area (Å²) >= 11 is 0. The van der Waals surface area contributed by atoms with Gasteiger partial charge < -0.3 is 4.98 Å². The Morgan fingerprint density at radius 1 is 1.21 bits per heavy atom. The Balaban J connectivity index is 2.63. The number of H-pyrrole nitrogens is 1. The minimum absolute atomic E-state index is 0.0537. The van der Waals surface area contributed by atoms with Gasteiger partial charge in [0.15, 0.2) is 0 Å². The first kappa shape index (κ1) is 8.98. The van der Waals surface area contributed by atoms with E-state index in [2.05, 4.69) is 9.97 Å². The first-order valence-corrected chi connectivity index (χ1v) is 3.69. The van der Waals surface area contributed by atoms with Crippen LogP contribution in [0, 0.1) is 5.82 Å². The average Bonchev–Trinajstić information content (AvgIpc) is 2.46. The van der Waals surface area contributed by atoms with E-state index < -0.39 is 17.7 Å². The monoisotopic (exact) mass is 204 g/mol. The third-order valence-corrected chi connectivity index (χ3v) is 1.78. The summed E-state index contributed by atoms with van der Waals surface area (Å²) in [6.45, 7) is 0. The number of hydrogen-bond donors (Lipinski definition) is 1. The molecule has 0 radical (unpaired) electrons. The standard InChI is InChI=1S/C8H4F4N2/c9-5-3-13-7-4(5)1-2-6(14-7)8(10,11)12/h1-3H,(H,13,14). The van der Waals surface area contributed by atoms with Crippen LogP contribution in [0.3, 0.4) is 0 Å². The number of rotatable bonds is 0. The number of nitrogens with one attached hydrogen (secondary N) is 1. The van der Waals surface area contributed by atoms with Crippen molar-refractivity contribution in [2.45, 2.75) is 6.18 Å². The number of nitrogens with zero attached hydrogens (tertiary/aromatic N) is 1. The summed E-state index contributed by atoms with van der Waals surface area (Å²) in [4.78, 5) is 5.56. The topological polar surface area (TPSA) is 28.7 Å². The van der Waals surface area contributed by atoms with Crippen LogP contribution in [0.25, 0.3) is 11.0 Å². The van der Waals surface area contributed by atoms with E-state index >= 15 is 0 Å². The minimum atomic E-state index is -4.50. The predicted octanol–water partition coefficient (Wildman–Crippen LogP) is 2.72. The second-order valence-corrected chi connectivity index (χ2v) is 2.73. The summed E-state index contributed by atoms with van der Waals surface area (Å²) in [5.74, 6) is -0.610. The fourth-order valence-corrected chi connectivity index (χ4v) is 1.13. The molecule has 0 aromatic carbocycles. The number of halogens is 4. The Labute approximate surface area is 75.6 Å². The number of fused-ring (bicyclic) bond motifs is 1. The molecule has 0 amide bonds. The molecule has 0 saturated carbocycles. The van der Waals surface area contributed by atoms with Gasteiger partial charge in [0.2, 0.25) is 0 Å². The molecule has 14 heavy (non-hydrogen) atoms. The van der Waals surface area contributed by atoms with E-state index in [4.69, 9.17) is 0 Å². The molecule has 0 unspecified atom stereocenters. The molecule has 2 rings (SSSR count). The number of pyridine rings is 1. The number of aromatic nitrogens is 2. The molecule has 2 heterocycles. The summed E-state index contributed by atoms with van der Waals surface area (Å²) in [7, 11) is 0. The number of hydrogen-bond acceptors (Lipinski definition) is 1. The van der Waals surface area contributed by atoms with Crippen LogP contribution in [0.5, 0.6) is 0 Å². The molecule has 2 aromatic heterocycles. The van der Waals surface area contributed by atoms with Crippen LogP contribution >= 0.6 is 0 Å². The molecule has 0 fully saturated rings. The molecule has 0 spiro atoms. The SMILES string of the molecule is Fc1c[nH]c2nc(C(F)(F)F)ccc12. The number of aromatic amines is 1. The summed E-state index contributed by atoms with van der Waals surface area (Å²) in [5.41, 5.74) is -1.14. The fraction of sp³-hybridized carbons (Fsp3) is 0.125. The van der Waals surface area contributed by atoms with Gasteiger partial charge in [-0.05, 0) is 12.1 Å². The normalized spacial score (nSPS) is 12.3. The minimum Gasteiger partial charge on any atom is -0.343 e. The Kier molecular flexibility index (Phi) is 1.73. The molecule has 0 bridgehead atoms. The maximum Gasteiger partial charge on any atom is 0.433 e. The maximum absolute atomic E-state index is 12.8. The van der Waals surface area contributed by atoms with Crippen molar-refractivity contribution in [3.63, 3.8) is 0 Å². The fourth-order valence-electron chi connectivity index (χ4n) is 1.13. The summed E-state index contributed by atoms with van der Waals surface area (Å²) in [6, 6.07) is 1.80. The zero-order valence-corrected chi connectivity index (χ0v) is 6.69. The average molecular weight is 204 g/mol. The van der Waals surface area contributed by atoms with Gasteiger partial charge in [-0.25, -0.2) is 9.37 Å². The van der Waals surface area contributed by atoms with E-state index in [1.807, 2.05) is 0 Å². The van der Waals surface area contributed by atoms with Gasteiger partial charge in [-0.15, -0.1) is 0 Å². The highest BCUT2D eigenvalue weighted by atomic mass is 19.4. The largest absolute Gasteiger partial charge is 0.433 e. The molecular formula is C8H4F4N2. The first-order valence-electron chi connectivity index (χ1n) is 3.69. The third-order valence-electron chi connectivity index (χ3n) is 1.78. The molecule has 74 valence electrons. The van der Waals surface area contributed by atoms with E-state index in [9.17, 15) is 17.6 Å². The van der Waals surface area contributed by atoms with Gasteiger partial charge in [-0.3, -0.25) is 0 Å². The molecule has 0 atom stereocenters. The van der Waals surface area contributed by atoms with Crippen LogP contribution in [0.2, 0.25) is 0 Å². The van der Waals surface area contributed by atoms with E-state index in [1.165, 1.54) is 0 Å².